The van der Waals surface area contributed by atoms with Crippen LogP contribution in [-0.2, 0) is 11.2 Å². The Labute approximate surface area is 154 Å². The minimum absolute atomic E-state index is 0.0900. The van der Waals surface area contributed by atoms with E-state index in [0.29, 0.717) is 31.7 Å². The highest BCUT2D eigenvalue weighted by Crippen LogP contribution is 2.29. The van der Waals surface area contributed by atoms with Crippen LogP contribution in [0.2, 0.25) is 0 Å². The summed E-state index contributed by atoms with van der Waals surface area (Å²) in [4.78, 5) is 26.1. The second-order valence-corrected chi connectivity index (χ2v) is 6.26. The summed E-state index contributed by atoms with van der Waals surface area (Å²) in [6.45, 7) is 3.68. The van der Waals surface area contributed by atoms with Crippen molar-refractivity contribution < 1.29 is 14.3 Å². The number of nitrogens with one attached hydrogen (secondary N) is 1. The predicted molar refractivity (Wildman–Crippen MR) is 102 cm³/mol. The van der Waals surface area contributed by atoms with Gasteiger partial charge in [0.2, 0.25) is 5.91 Å². The zero-order chi connectivity index (χ0) is 18.4. The molecule has 0 saturated carbocycles. The van der Waals surface area contributed by atoms with E-state index in [1.807, 2.05) is 49.4 Å². The number of amides is 2. The molecule has 0 atom stereocenters. The zero-order valence-electron chi connectivity index (χ0n) is 15.0. The second kappa shape index (κ2) is 8.52. The quantitative estimate of drug-likeness (QED) is 0.779. The Morgan fingerprint density at radius 1 is 1.15 bits per heavy atom. The van der Waals surface area contributed by atoms with Gasteiger partial charge in [0, 0.05) is 30.8 Å². The molecule has 0 saturated heterocycles. The van der Waals surface area contributed by atoms with Gasteiger partial charge in [-0.1, -0.05) is 25.1 Å². The van der Waals surface area contributed by atoms with Crippen molar-refractivity contribution in [2.24, 2.45) is 0 Å². The van der Waals surface area contributed by atoms with Gasteiger partial charge in [0.1, 0.15) is 5.75 Å². The first-order chi connectivity index (χ1) is 12.7. The first kappa shape index (κ1) is 18.0. The van der Waals surface area contributed by atoms with Crippen LogP contribution < -0.4 is 15.0 Å². The fourth-order valence-electron chi connectivity index (χ4n) is 3.08. The number of fused-ring (bicyclic) bond motifs is 1. The summed E-state index contributed by atoms with van der Waals surface area (Å²) in [5.41, 5.74) is 2.63. The van der Waals surface area contributed by atoms with Crippen LogP contribution >= 0.6 is 0 Å². The Morgan fingerprint density at radius 2 is 1.96 bits per heavy atom. The summed E-state index contributed by atoms with van der Waals surface area (Å²) in [5, 5.41) is 2.92. The number of rotatable bonds is 7. The smallest absolute Gasteiger partial charge is 0.251 e. The summed E-state index contributed by atoms with van der Waals surface area (Å²) in [6.07, 6.45) is 2.03. The number of para-hydroxylation sites is 1. The largest absolute Gasteiger partial charge is 0.494 e. The molecule has 0 spiro atoms. The van der Waals surface area contributed by atoms with E-state index in [1.165, 1.54) is 0 Å². The Bertz CT molecular complexity index is 774. The van der Waals surface area contributed by atoms with Crippen LogP contribution in [0.25, 0.3) is 0 Å². The molecule has 0 radical (unpaired) electrons. The van der Waals surface area contributed by atoms with Crippen LogP contribution in [0.5, 0.6) is 5.75 Å². The van der Waals surface area contributed by atoms with E-state index >= 15 is 0 Å². The molecule has 136 valence electrons. The molecule has 26 heavy (non-hydrogen) atoms. The van der Waals surface area contributed by atoms with E-state index in [9.17, 15) is 9.59 Å². The Balaban J connectivity index is 1.47. The summed E-state index contributed by atoms with van der Waals surface area (Å²) >= 11 is 0. The molecule has 2 aromatic rings. The lowest BCUT2D eigenvalue weighted by atomic mass is 10.1. The number of carbonyl (C=O) groups excluding carboxylic acids is 2. The summed E-state index contributed by atoms with van der Waals surface area (Å²) in [5.74, 6) is 0.871. The van der Waals surface area contributed by atoms with Crippen molar-refractivity contribution in [3.8, 4) is 5.75 Å². The average Bonchev–Trinajstić information content (AvgIpc) is 3.11. The van der Waals surface area contributed by atoms with Gasteiger partial charge in [0.05, 0.1) is 6.61 Å². The van der Waals surface area contributed by atoms with Gasteiger partial charge in [0.15, 0.2) is 0 Å². The fraction of sp³-hybridized carbons (Fsp3) is 0.333. The molecule has 1 N–H and O–H groups in total. The lowest BCUT2D eigenvalue weighted by Gasteiger charge is -2.16. The molecule has 2 aromatic carbocycles. The van der Waals surface area contributed by atoms with Crippen molar-refractivity contribution in [3.05, 3.63) is 59.7 Å². The van der Waals surface area contributed by atoms with Crippen molar-refractivity contribution in [1.82, 2.24) is 5.32 Å². The van der Waals surface area contributed by atoms with E-state index < -0.39 is 0 Å². The number of ether oxygens (including phenoxy) is 1. The third-order valence-electron chi connectivity index (χ3n) is 4.46. The molecule has 0 bridgehead atoms. The maximum absolute atomic E-state index is 12.3. The van der Waals surface area contributed by atoms with Gasteiger partial charge >= 0.3 is 0 Å². The first-order valence-corrected chi connectivity index (χ1v) is 9.08. The highest BCUT2D eigenvalue weighted by atomic mass is 16.5. The molecule has 0 fully saturated rings. The molecular formula is C21H24N2O3. The van der Waals surface area contributed by atoms with Gasteiger partial charge in [-0.05, 0) is 48.7 Å². The van der Waals surface area contributed by atoms with Crippen LogP contribution in [0.15, 0.2) is 48.5 Å². The van der Waals surface area contributed by atoms with Crippen molar-refractivity contribution in [2.45, 2.75) is 26.2 Å². The van der Waals surface area contributed by atoms with Crippen molar-refractivity contribution in [1.29, 1.82) is 0 Å². The first-order valence-electron chi connectivity index (χ1n) is 9.08. The highest BCUT2D eigenvalue weighted by Gasteiger charge is 2.24. The molecule has 1 aliphatic rings. The molecule has 3 rings (SSSR count). The topological polar surface area (TPSA) is 58.6 Å². The monoisotopic (exact) mass is 352 g/mol. The normalized spacial score (nSPS) is 12.6. The van der Waals surface area contributed by atoms with E-state index in [1.54, 1.807) is 11.0 Å². The Kier molecular flexibility index (Phi) is 5.89. The van der Waals surface area contributed by atoms with E-state index in [-0.39, 0.29) is 11.8 Å². The molecule has 0 aliphatic carbocycles. The standard InChI is InChI=1S/C21H24N2O3/c1-2-20(24)23-13-11-16-15-17(9-10-19(16)23)21(25)22-12-6-14-26-18-7-4-3-5-8-18/h3-5,7-10,15H,2,6,11-14H2,1H3,(H,22,25). The third kappa shape index (κ3) is 4.23. The summed E-state index contributed by atoms with van der Waals surface area (Å²) < 4.78 is 5.61. The van der Waals surface area contributed by atoms with Crippen LogP contribution in [0.3, 0.4) is 0 Å². The van der Waals surface area contributed by atoms with Crippen LogP contribution in [0, 0.1) is 0 Å². The molecule has 0 unspecified atom stereocenters. The van der Waals surface area contributed by atoms with Crippen molar-refractivity contribution >= 4 is 17.5 Å². The Hall–Kier alpha value is -2.82. The number of hydrogen-bond acceptors (Lipinski definition) is 3. The SMILES string of the molecule is CCC(=O)N1CCc2cc(C(=O)NCCCOc3ccccc3)ccc21. The number of hydrogen-bond donors (Lipinski definition) is 1. The van der Waals surface area contributed by atoms with Crippen LogP contribution in [0.1, 0.15) is 35.7 Å². The minimum atomic E-state index is -0.0900. The highest BCUT2D eigenvalue weighted by molar-refractivity contribution is 5.98. The predicted octanol–water partition coefficient (Wildman–Crippen LogP) is 3.18. The Morgan fingerprint density at radius 3 is 2.73 bits per heavy atom. The lowest BCUT2D eigenvalue weighted by molar-refractivity contribution is -0.118. The number of carbonyl (C=O) groups is 2. The molecular weight excluding hydrogens is 328 g/mol. The van der Waals surface area contributed by atoms with Crippen molar-refractivity contribution in [3.63, 3.8) is 0 Å². The maximum Gasteiger partial charge on any atom is 0.251 e. The van der Waals surface area contributed by atoms with Gasteiger partial charge in [0.25, 0.3) is 5.91 Å². The fourth-order valence-corrected chi connectivity index (χ4v) is 3.08. The molecule has 5 heteroatoms. The number of benzene rings is 2. The molecule has 0 aromatic heterocycles. The van der Waals surface area contributed by atoms with E-state index in [2.05, 4.69) is 5.32 Å². The van der Waals surface area contributed by atoms with Gasteiger partial charge in [-0.15, -0.1) is 0 Å². The zero-order valence-corrected chi connectivity index (χ0v) is 15.0. The van der Waals surface area contributed by atoms with Gasteiger partial charge in [-0.2, -0.15) is 0 Å². The third-order valence-corrected chi connectivity index (χ3v) is 4.46. The van der Waals surface area contributed by atoms with Crippen molar-refractivity contribution in [2.75, 3.05) is 24.6 Å². The van der Waals surface area contributed by atoms with Gasteiger partial charge in [-0.25, -0.2) is 0 Å². The van der Waals surface area contributed by atoms with Gasteiger partial charge in [-0.3, -0.25) is 9.59 Å². The number of anilines is 1. The van der Waals surface area contributed by atoms with E-state index in [0.717, 1.165) is 29.8 Å². The minimum Gasteiger partial charge on any atom is -0.494 e. The van der Waals surface area contributed by atoms with Crippen LogP contribution in [0.4, 0.5) is 5.69 Å². The second-order valence-electron chi connectivity index (χ2n) is 6.26. The molecule has 5 nitrogen and oxygen atoms in total. The molecule has 1 heterocycles. The summed E-state index contributed by atoms with van der Waals surface area (Å²) in [6, 6.07) is 15.2. The molecule has 1 aliphatic heterocycles. The van der Waals surface area contributed by atoms with Crippen LogP contribution in [-0.4, -0.2) is 31.5 Å². The lowest BCUT2D eigenvalue weighted by Crippen LogP contribution is -2.28. The average molecular weight is 352 g/mol. The molecule has 2 amide bonds. The maximum atomic E-state index is 12.3. The summed E-state index contributed by atoms with van der Waals surface area (Å²) in [7, 11) is 0. The van der Waals surface area contributed by atoms with E-state index in [4.69, 9.17) is 4.74 Å². The number of nitrogens with zero attached hydrogens (tertiary/aromatic N) is 1. The van der Waals surface area contributed by atoms with Gasteiger partial charge < -0.3 is 15.0 Å².